The average molecular weight is 765 g/mol. The van der Waals surface area contributed by atoms with E-state index in [1.807, 2.05) is 0 Å². The second kappa shape index (κ2) is 12.4. The zero-order chi connectivity index (χ0) is 33.9. The van der Waals surface area contributed by atoms with Crippen molar-refractivity contribution in [2.45, 2.75) is 38.0 Å². The molecule has 0 N–H and O–H groups in total. The minimum atomic E-state index is -0.249. The van der Waals surface area contributed by atoms with Crippen LogP contribution in [0.4, 0.5) is 17.1 Å². The molecule has 1 aliphatic carbocycles. The van der Waals surface area contributed by atoms with Crippen LogP contribution in [0.1, 0.15) is 48.6 Å². The van der Waals surface area contributed by atoms with Gasteiger partial charge in [0.1, 0.15) is 0 Å². The number of hydrogen-bond donors (Lipinski definition) is 0. The Morgan fingerprint density at radius 2 is 1.45 bits per heavy atom. The lowest BCUT2D eigenvalue weighted by Crippen LogP contribution is -2.18. The number of halogens is 1. The summed E-state index contributed by atoms with van der Waals surface area (Å²) >= 11 is 2.37. The first-order chi connectivity index (χ1) is 23.8. The predicted molar refractivity (Wildman–Crippen MR) is 222 cm³/mol. The molecule has 0 spiro atoms. The zero-order valence-corrected chi connectivity index (χ0v) is 31.1. The van der Waals surface area contributed by atoms with Gasteiger partial charge in [-0.25, -0.2) is 0 Å². The van der Waals surface area contributed by atoms with Crippen LogP contribution < -0.4 is 4.90 Å². The fourth-order valence-electron chi connectivity index (χ4n) is 7.75. The number of aromatic nitrogens is 1. The first-order valence-corrected chi connectivity index (χ1v) is 20.1. The summed E-state index contributed by atoms with van der Waals surface area (Å²) in [5, 5.41) is 2.56. The molecule has 0 aliphatic heterocycles. The van der Waals surface area contributed by atoms with Crippen LogP contribution in [0.3, 0.4) is 0 Å². The molecule has 6 aromatic carbocycles. The van der Waals surface area contributed by atoms with Gasteiger partial charge in [-0.1, -0.05) is 108 Å². The van der Waals surface area contributed by atoms with Crippen LogP contribution in [0.5, 0.6) is 0 Å². The van der Waals surface area contributed by atoms with Crippen molar-refractivity contribution in [2.24, 2.45) is 0 Å². The molecule has 4 heteroatoms. The fourth-order valence-corrected chi connectivity index (χ4v) is 8.86. The smallest absolute Gasteiger partial charge is 0.0543 e. The van der Waals surface area contributed by atoms with Gasteiger partial charge in [-0.2, -0.15) is 0 Å². The highest BCUT2D eigenvalue weighted by Crippen LogP contribution is 2.55. The normalized spacial score (nSPS) is 13.2. The van der Waals surface area contributed by atoms with E-state index in [9.17, 15) is 0 Å². The van der Waals surface area contributed by atoms with Gasteiger partial charge in [-0.15, -0.1) is 0 Å². The summed E-state index contributed by atoms with van der Waals surface area (Å²) in [5.74, 6) is 0. The van der Waals surface area contributed by atoms with Gasteiger partial charge in [-0.05, 0) is 108 Å². The molecule has 1 aromatic heterocycles. The van der Waals surface area contributed by atoms with E-state index in [4.69, 9.17) is 0 Å². The van der Waals surface area contributed by atoms with E-state index in [1.54, 1.807) is 8.93 Å². The van der Waals surface area contributed by atoms with Crippen LogP contribution >= 0.6 is 30.1 Å². The van der Waals surface area contributed by atoms with Gasteiger partial charge in [0.05, 0.1) is 16.7 Å². The number of nitrogens with zero attached hydrogens (tertiary/aromatic N) is 2. The number of fused-ring (bicyclic) bond motifs is 6. The van der Waals surface area contributed by atoms with E-state index in [2.05, 4.69) is 205 Å². The Morgan fingerprint density at radius 1 is 0.735 bits per heavy atom. The van der Waals surface area contributed by atoms with Crippen molar-refractivity contribution in [3.05, 3.63) is 162 Å². The molecule has 0 unspecified atom stereocenters. The van der Waals surface area contributed by atoms with E-state index in [1.165, 1.54) is 71.3 Å². The number of benzene rings is 6. The first kappa shape index (κ1) is 31.7. The first-order valence-electron chi connectivity index (χ1n) is 16.7. The minimum Gasteiger partial charge on any atom is -0.310 e. The van der Waals surface area contributed by atoms with Crippen LogP contribution in [-0.2, 0) is 5.41 Å². The second-order valence-electron chi connectivity index (χ2n) is 13.3. The Balaban J connectivity index is 1.37. The highest BCUT2D eigenvalue weighted by Gasteiger charge is 2.39. The number of allylic oxidation sites excluding steroid dienone is 1. The summed E-state index contributed by atoms with van der Waals surface area (Å²) in [4.78, 5) is 3.66. The van der Waals surface area contributed by atoms with E-state index in [0.29, 0.717) is 0 Å². The molecule has 0 radical (unpaired) electrons. The summed E-state index contributed by atoms with van der Waals surface area (Å²) in [6, 6.07) is 44.7. The maximum absolute atomic E-state index is 4.41. The zero-order valence-electron chi connectivity index (χ0n) is 28.2. The quantitative estimate of drug-likeness (QED) is 0.149. The Morgan fingerprint density at radius 3 is 2.18 bits per heavy atom. The van der Waals surface area contributed by atoms with Crippen LogP contribution in [-0.4, -0.2) is 4.57 Å². The summed E-state index contributed by atoms with van der Waals surface area (Å²) in [7, 11) is 1.76. The molecule has 1 aliphatic rings. The van der Waals surface area contributed by atoms with E-state index in [-0.39, 0.29) is 5.41 Å². The average Bonchev–Trinajstić information content (AvgIpc) is 3.57. The highest BCUT2D eigenvalue weighted by atomic mass is 127. The van der Waals surface area contributed by atoms with E-state index in [0.717, 1.165) is 17.1 Å². The molecule has 0 bridgehead atoms. The molecule has 0 saturated carbocycles. The Kier molecular flexibility index (Phi) is 8.04. The SMILES string of the molecule is C=Cc1c(/C=C\C)c(N(c2ccccc2)c2ccc(C)cc2)cc2c1-c1ccc(-n3c4ccccc4c4cc(SI)ccc43)cc1C2(C)C. The largest absolute Gasteiger partial charge is 0.310 e. The lowest BCUT2D eigenvalue weighted by molar-refractivity contribution is 0.660. The molecule has 1 heterocycles. The summed E-state index contributed by atoms with van der Waals surface area (Å²) in [5.41, 5.74) is 15.6. The second-order valence-corrected chi connectivity index (χ2v) is 15.3. The Labute approximate surface area is 305 Å². The minimum absolute atomic E-state index is 0.249. The third-order valence-corrected chi connectivity index (χ3v) is 12.0. The lowest BCUT2D eigenvalue weighted by atomic mass is 9.81. The Bertz CT molecular complexity index is 2430. The van der Waals surface area contributed by atoms with Gasteiger partial charge >= 0.3 is 0 Å². The van der Waals surface area contributed by atoms with Gasteiger partial charge in [0.2, 0.25) is 0 Å². The maximum atomic E-state index is 4.41. The van der Waals surface area contributed by atoms with Crippen molar-refractivity contribution >= 4 is 81.2 Å². The lowest BCUT2D eigenvalue weighted by Gasteiger charge is -2.31. The molecular weight excluding hydrogens is 727 g/mol. The monoisotopic (exact) mass is 764 g/mol. The van der Waals surface area contributed by atoms with Crippen LogP contribution in [0, 0.1) is 6.92 Å². The molecule has 0 saturated heterocycles. The predicted octanol–water partition coefficient (Wildman–Crippen LogP) is 14.0. The number of rotatable bonds is 7. The molecule has 7 aromatic rings. The molecular formula is C45H37IN2S. The number of anilines is 3. The molecule has 2 nitrogen and oxygen atoms in total. The van der Waals surface area contributed by atoms with E-state index >= 15 is 0 Å². The number of hydrogen-bond acceptors (Lipinski definition) is 2. The summed E-state index contributed by atoms with van der Waals surface area (Å²) < 4.78 is 2.44. The van der Waals surface area contributed by atoms with Gasteiger partial charge in [0, 0.05) is 64.9 Å². The molecule has 240 valence electrons. The van der Waals surface area contributed by atoms with Crippen LogP contribution in [0.2, 0.25) is 0 Å². The standard InChI is InChI=1S/C45H37IN2S/c1-6-13-35-34(7-2)44-37-24-22-32(48-41-17-12-11-16-36(41)38-27-33(49-46)23-25-42(38)48)26-39(37)45(4,5)40(44)28-43(35)47(30-14-9-8-10-15-30)31-20-18-29(3)19-21-31/h6-28H,2H2,1,3-5H3/b13-6-. The molecule has 0 atom stereocenters. The van der Waals surface area contributed by atoms with Gasteiger partial charge in [-0.3, -0.25) is 0 Å². The third kappa shape index (κ3) is 5.07. The third-order valence-electron chi connectivity index (χ3n) is 10.1. The highest BCUT2D eigenvalue weighted by molar-refractivity contribution is 14.2. The van der Waals surface area contributed by atoms with Crippen molar-refractivity contribution in [1.29, 1.82) is 0 Å². The summed E-state index contributed by atoms with van der Waals surface area (Å²) in [6.07, 6.45) is 6.45. The van der Waals surface area contributed by atoms with Gasteiger partial charge < -0.3 is 9.47 Å². The van der Waals surface area contributed by atoms with Crippen LogP contribution in [0.25, 0.3) is 50.8 Å². The topological polar surface area (TPSA) is 8.17 Å². The molecule has 0 amide bonds. The van der Waals surface area contributed by atoms with E-state index < -0.39 is 0 Å². The maximum Gasteiger partial charge on any atom is 0.0543 e. The van der Waals surface area contributed by atoms with Crippen molar-refractivity contribution < 1.29 is 0 Å². The van der Waals surface area contributed by atoms with Gasteiger partial charge in [0.25, 0.3) is 0 Å². The van der Waals surface area contributed by atoms with Crippen LogP contribution in [0.15, 0.2) is 139 Å². The van der Waals surface area contributed by atoms with Gasteiger partial charge in [0.15, 0.2) is 0 Å². The molecule has 8 rings (SSSR count). The Hall–Kier alpha value is -4.52. The number of aryl methyl sites for hydroxylation is 1. The fraction of sp³-hybridized carbons (Fsp3) is 0.111. The molecule has 0 fully saturated rings. The van der Waals surface area contributed by atoms with Crippen molar-refractivity contribution in [3.63, 3.8) is 0 Å². The van der Waals surface area contributed by atoms with Crippen molar-refractivity contribution in [2.75, 3.05) is 4.90 Å². The van der Waals surface area contributed by atoms with Crippen molar-refractivity contribution in [1.82, 2.24) is 4.57 Å². The van der Waals surface area contributed by atoms with Crippen molar-refractivity contribution in [3.8, 4) is 16.8 Å². The number of para-hydroxylation sites is 2. The molecule has 49 heavy (non-hydrogen) atoms. The summed E-state index contributed by atoms with van der Waals surface area (Å²) in [6.45, 7) is 13.4.